The molecule has 1 rings (SSSR count). The number of unbranched alkanes of at least 4 members (excludes halogenated alkanes) is 18. The monoisotopic (exact) mass is 670 g/mol. The molecular formula is C43H79N3O2. The first-order valence-electron chi connectivity index (χ1n) is 20.7. The fraction of sp³-hybridized carbons (Fsp3) is 0.791. The van der Waals surface area contributed by atoms with Gasteiger partial charge in [0, 0.05) is 39.3 Å². The lowest BCUT2D eigenvalue weighted by Gasteiger charge is -2.34. The molecule has 0 aromatic rings. The number of hydrogen-bond donors (Lipinski definition) is 1. The van der Waals surface area contributed by atoms with Crippen molar-refractivity contribution in [3.63, 3.8) is 0 Å². The molecule has 278 valence electrons. The summed E-state index contributed by atoms with van der Waals surface area (Å²) in [6.45, 7) is 12.2. The molecule has 1 amide bonds. The SMILES string of the molecule is CCCCC/C=C\C/C=C\CCCCCCCCN(CCCCCCCC/C=C\C/C=C\CCCCC)CCN1CCN(C(=O)O)CC1. The summed E-state index contributed by atoms with van der Waals surface area (Å²) in [5.74, 6) is 0. The normalized spacial score (nSPS) is 14.7. The van der Waals surface area contributed by atoms with Crippen molar-refractivity contribution in [1.82, 2.24) is 14.7 Å². The highest BCUT2D eigenvalue weighted by atomic mass is 16.4. The van der Waals surface area contributed by atoms with E-state index in [1.54, 1.807) is 4.90 Å². The number of hydrogen-bond acceptors (Lipinski definition) is 3. The van der Waals surface area contributed by atoms with Gasteiger partial charge in [0.2, 0.25) is 0 Å². The first-order valence-corrected chi connectivity index (χ1v) is 20.7. The van der Waals surface area contributed by atoms with Gasteiger partial charge in [-0.2, -0.15) is 0 Å². The number of nitrogens with zero attached hydrogens (tertiary/aromatic N) is 3. The zero-order valence-electron chi connectivity index (χ0n) is 31.9. The highest BCUT2D eigenvalue weighted by Crippen LogP contribution is 2.12. The molecule has 0 radical (unpaired) electrons. The lowest BCUT2D eigenvalue weighted by molar-refractivity contribution is 0.0989. The van der Waals surface area contributed by atoms with Gasteiger partial charge in [-0.15, -0.1) is 0 Å². The Kier molecular flexibility index (Phi) is 32.2. The summed E-state index contributed by atoms with van der Waals surface area (Å²) < 4.78 is 0. The quantitative estimate of drug-likeness (QED) is 0.0558. The minimum atomic E-state index is -0.772. The minimum Gasteiger partial charge on any atom is -0.465 e. The summed E-state index contributed by atoms with van der Waals surface area (Å²) in [7, 11) is 0. The summed E-state index contributed by atoms with van der Waals surface area (Å²) in [5, 5.41) is 9.27. The second kappa shape index (κ2) is 35.0. The molecule has 1 fully saturated rings. The number of carbonyl (C=O) groups is 1. The molecule has 1 aliphatic heterocycles. The lowest BCUT2D eigenvalue weighted by atomic mass is 10.1. The van der Waals surface area contributed by atoms with E-state index in [0.717, 1.165) is 39.0 Å². The maximum atomic E-state index is 11.3. The van der Waals surface area contributed by atoms with Gasteiger partial charge in [0.05, 0.1) is 0 Å². The second-order valence-electron chi connectivity index (χ2n) is 14.1. The highest BCUT2D eigenvalue weighted by Gasteiger charge is 2.20. The zero-order chi connectivity index (χ0) is 34.6. The summed E-state index contributed by atoms with van der Waals surface area (Å²) in [4.78, 5) is 18.0. The van der Waals surface area contributed by atoms with Gasteiger partial charge in [-0.3, -0.25) is 4.90 Å². The predicted octanol–water partition coefficient (Wildman–Crippen LogP) is 12.2. The first kappa shape index (κ1) is 44.2. The van der Waals surface area contributed by atoms with Gasteiger partial charge in [-0.05, 0) is 90.1 Å². The topological polar surface area (TPSA) is 47.0 Å². The van der Waals surface area contributed by atoms with Gasteiger partial charge >= 0.3 is 6.09 Å². The van der Waals surface area contributed by atoms with Crippen molar-refractivity contribution >= 4 is 6.09 Å². The standard InChI is InChI=1S/C43H79N3O2/c1-3-5-7-9-11-13-15-17-19-21-23-25-27-29-31-33-35-44(37-38-45-39-41-46(42-40-45)43(47)48)36-34-32-30-28-26-24-22-20-18-16-14-12-10-8-6-4-2/h11-14,17-20H,3-10,15-16,21-42H2,1-2H3,(H,47,48)/b13-11-,14-12-,19-17-,20-18-. The Morgan fingerprint density at radius 2 is 0.875 bits per heavy atom. The van der Waals surface area contributed by atoms with Crippen molar-refractivity contribution in [3.05, 3.63) is 48.6 Å². The van der Waals surface area contributed by atoms with Crippen molar-refractivity contribution in [2.75, 3.05) is 52.4 Å². The second-order valence-corrected chi connectivity index (χ2v) is 14.1. The van der Waals surface area contributed by atoms with Crippen LogP contribution in [-0.2, 0) is 0 Å². The van der Waals surface area contributed by atoms with Gasteiger partial charge in [0.1, 0.15) is 0 Å². The van der Waals surface area contributed by atoms with Crippen LogP contribution in [0.15, 0.2) is 48.6 Å². The molecule has 0 aliphatic carbocycles. The Hall–Kier alpha value is -1.85. The van der Waals surface area contributed by atoms with Crippen LogP contribution >= 0.6 is 0 Å². The Balaban J connectivity index is 2.16. The van der Waals surface area contributed by atoms with Crippen LogP contribution in [0.5, 0.6) is 0 Å². The van der Waals surface area contributed by atoms with E-state index in [4.69, 9.17) is 0 Å². The fourth-order valence-corrected chi connectivity index (χ4v) is 6.43. The van der Waals surface area contributed by atoms with Crippen LogP contribution in [0.3, 0.4) is 0 Å². The average Bonchev–Trinajstić information content (AvgIpc) is 3.10. The van der Waals surface area contributed by atoms with Crippen LogP contribution in [0.4, 0.5) is 4.79 Å². The van der Waals surface area contributed by atoms with E-state index in [9.17, 15) is 9.90 Å². The zero-order valence-corrected chi connectivity index (χ0v) is 31.9. The van der Waals surface area contributed by atoms with Gasteiger partial charge in [-0.25, -0.2) is 4.79 Å². The lowest BCUT2D eigenvalue weighted by Crippen LogP contribution is -2.50. The minimum absolute atomic E-state index is 0.646. The summed E-state index contributed by atoms with van der Waals surface area (Å²) in [6.07, 6.45) is 49.2. The number of carboxylic acid groups (broad SMARTS) is 1. The molecule has 5 nitrogen and oxygen atoms in total. The molecule has 1 heterocycles. The van der Waals surface area contributed by atoms with E-state index in [0.29, 0.717) is 13.1 Å². The largest absolute Gasteiger partial charge is 0.465 e. The third-order valence-electron chi connectivity index (χ3n) is 9.73. The molecule has 0 bridgehead atoms. The first-order chi connectivity index (χ1) is 23.7. The smallest absolute Gasteiger partial charge is 0.407 e. The summed E-state index contributed by atoms with van der Waals surface area (Å²) in [5.41, 5.74) is 0. The molecule has 0 saturated carbocycles. The van der Waals surface area contributed by atoms with Gasteiger partial charge in [0.15, 0.2) is 0 Å². The molecular weight excluding hydrogens is 590 g/mol. The third-order valence-corrected chi connectivity index (χ3v) is 9.73. The highest BCUT2D eigenvalue weighted by molar-refractivity contribution is 5.65. The van der Waals surface area contributed by atoms with Crippen molar-refractivity contribution < 1.29 is 9.90 Å². The number of allylic oxidation sites excluding steroid dienone is 8. The molecule has 0 atom stereocenters. The Labute approximate surface area is 299 Å². The maximum absolute atomic E-state index is 11.3. The molecule has 1 N–H and O–H groups in total. The van der Waals surface area contributed by atoms with Crippen molar-refractivity contribution in [2.24, 2.45) is 0 Å². The molecule has 0 aromatic heterocycles. The van der Waals surface area contributed by atoms with Crippen molar-refractivity contribution in [1.29, 1.82) is 0 Å². The van der Waals surface area contributed by atoms with Gasteiger partial charge in [0.25, 0.3) is 0 Å². The predicted molar refractivity (Wildman–Crippen MR) is 211 cm³/mol. The van der Waals surface area contributed by atoms with E-state index in [1.165, 1.54) is 154 Å². The van der Waals surface area contributed by atoms with E-state index in [1.807, 2.05) is 0 Å². The molecule has 1 saturated heterocycles. The van der Waals surface area contributed by atoms with E-state index in [-0.39, 0.29) is 0 Å². The van der Waals surface area contributed by atoms with Crippen LogP contribution in [0.2, 0.25) is 0 Å². The maximum Gasteiger partial charge on any atom is 0.407 e. The molecule has 0 spiro atoms. The van der Waals surface area contributed by atoms with Crippen LogP contribution in [0.25, 0.3) is 0 Å². The van der Waals surface area contributed by atoms with E-state index < -0.39 is 6.09 Å². The molecule has 5 heteroatoms. The van der Waals surface area contributed by atoms with Crippen molar-refractivity contribution in [3.8, 4) is 0 Å². The van der Waals surface area contributed by atoms with Gasteiger partial charge in [-0.1, -0.05) is 140 Å². The van der Waals surface area contributed by atoms with E-state index >= 15 is 0 Å². The summed E-state index contributed by atoms with van der Waals surface area (Å²) in [6, 6.07) is 0. The molecule has 48 heavy (non-hydrogen) atoms. The Morgan fingerprint density at radius 1 is 0.500 bits per heavy atom. The van der Waals surface area contributed by atoms with Gasteiger partial charge < -0.3 is 14.9 Å². The fourth-order valence-electron chi connectivity index (χ4n) is 6.43. The van der Waals surface area contributed by atoms with E-state index in [2.05, 4.69) is 72.3 Å². The summed E-state index contributed by atoms with van der Waals surface area (Å²) >= 11 is 0. The Bertz CT molecular complexity index is 765. The molecule has 0 aromatic carbocycles. The molecule has 1 aliphatic rings. The Morgan fingerprint density at radius 3 is 1.27 bits per heavy atom. The van der Waals surface area contributed by atoms with Crippen LogP contribution < -0.4 is 0 Å². The molecule has 0 unspecified atom stereocenters. The number of rotatable bonds is 33. The average molecular weight is 670 g/mol. The number of amides is 1. The van der Waals surface area contributed by atoms with Crippen LogP contribution in [0, 0.1) is 0 Å². The van der Waals surface area contributed by atoms with Crippen LogP contribution in [-0.4, -0.2) is 78.3 Å². The van der Waals surface area contributed by atoms with Crippen LogP contribution in [0.1, 0.15) is 168 Å². The van der Waals surface area contributed by atoms with Crippen molar-refractivity contribution in [2.45, 2.75) is 168 Å². The third kappa shape index (κ3) is 29.1. The number of piperazine rings is 1.